The van der Waals surface area contributed by atoms with Gasteiger partial charge in [-0.05, 0) is 54.1 Å². The molecule has 0 bridgehead atoms. The minimum atomic E-state index is -0.497. The van der Waals surface area contributed by atoms with Crippen LogP contribution < -0.4 is 0 Å². The summed E-state index contributed by atoms with van der Waals surface area (Å²) in [7, 11) is 0. The first-order valence-electron chi connectivity index (χ1n) is 11.4. The average Bonchev–Trinajstić information content (AvgIpc) is 3.46. The van der Waals surface area contributed by atoms with Crippen molar-refractivity contribution in [3.05, 3.63) is 47.9 Å². The summed E-state index contributed by atoms with van der Waals surface area (Å²) in [6.45, 7) is 2.51. The molecule has 1 amide bonds. The van der Waals surface area contributed by atoms with Gasteiger partial charge in [-0.1, -0.05) is 25.3 Å². The quantitative estimate of drug-likeness (QED) is 0.498. The molecule has 0 N–H and O–H groups in total. The van der Waals surface area contributed by atoms with Crippen molar-refractivity contribution >= 4 is 33.7 Å². The van der Waals surface area contributed by atoms with E-state index < -0.39 is 5.24 Å². The molecule has 168 valence electrons. The van der Waals surface area contributed by atoms with E-state index in [0.717, 1.165) is 35.0 Å². The molecule has 32 heavy (non-hydrogen) atoms. The van der Waals surface area contributed by atoms with Crippen LogP contribution in [0.15, 0.2) is 41.2 Å². The van der Waals surface area contributed by atoms with E-state index >= 15 is 0 Å². The predicted octanol–water partition coefficient (Wildman–Crippen LogP) is 5.19. The van der Waals surface area contributed by atoms with Crippen LogP contribution >= 0.6 is 11.6 Å². The molecule has 1 aliphatic carbocycles. The van der Waals surface area contributed by atoms with Crippen molar-refractivity contribution in [2.45, 2.75) is 44.6 Å². The van der Waals surface area contributed by atoms with Gasteiger partial charge in [-0.25, -0.2) is 0 Å². The first-order chi connectivity index (χ1) is 15.6. The smallest absolute Gasteiger partial charge is 0.252 e. The molecule has 6 nitrogen and oxygen atoms in total. The molecule has 1 aliphatic heterocycles. The second-order valence-corrected chi connectivity index (χ2v) is 9.04. The molecule has 2 aromatic heterocycles. The maximum atomic E-state index is 13.3. The molecule has 2 fully saturated rings. The molecule has 1 saturated heterocycles. The second-order valence-electron chi connectivity index (χ2n) is 8.69. The molecule has 3 heterocycles. The standard InChI is InChI=1S/C25H27ClN2O4/c26-25(30)18-6-7-20-21(14-18)28(15-22(29)27-9-12-31-13-10-27)24(19-8-11-32-16-19)23(20)17-4-2-1-3-5-17/h6-8,11,14,16-17H,1-5,9-10,12-13,15H2. The molecule has 0 spiro atoms. The first-order valence-corrected chi connectivity index (χ1v) is 11.8. The highest BCUT2D eigenvalue weighted by Crippen LogP contribution is 2.44. The van der Waals surface area contributed by atoms with Gasteiger partial charge in [-0.2, -0.15) is 0 Å². The number of halogens is 1. The van der Waals surface area contributed by atoms with Crippen LogP contribution in [-0.2, 0) is 16.1 Å². The van der Waals surface area contributed by atoms with Crippen LogP contribution in [0.1, 0.15) is 53.9 Å². The van der Waals surface area contributed by atoms with Crippen molar-refractivity contribution in [3.63, 3.8) is 0 Å². The number of fused-ring (bicyclic) bond motifs is 1. The highest BCUT2D eigenvalue weighted by atomic mass is 35.5. The second kappa shape index (κ2) is 9.12. The van der Waals surface area contributed by atoms with E-state index in [2.05, 4.69) is 4.57 Å². The van der Waals surface area contributed by atoms with Gasteiger partial charge in [0.05, 0.1) is 37.0 Å². The van der Waals surface area contributed by atoms with E-state index in [1.165, 1.54) is 24.8 Å². The number of carbonyl (C=O) groups is 2. The number of nitrogens with zero attached hydrogens (tertiary/aromatic N) is 2. The Bertz CT molecular complexity index is 1120. The van der Waals surface area contributed by atoms with Gasteiger partial charge in [0.2, 0.25) is 5.91 Å². The van der Waals surface area contributed by atoms with Crippen LogP contribution in [0.2, 0.25) is 0 Å². The Morgan fingerprint density at radius 1 is 1.06 bits per heavy atom. The van der Waals surface area contributed by atoms with Gasteiger partial charge >= 0.3 is 0 Å². The number of rotatable bonds is 5. The normalized spacial score (nSPS) is 17.7. The summed E-state index contributed by atoms with van der Waals surface area (Å²) in [6, 6.07) is 7.56. The predicted molar refractivity (Wildman–Crippen MR) is 123 cm³/mol. The van der Waals surface area contributed by atoms with Crippen LogP contribution in [0.4, 0.5) is 0 Å². The highest BCUT2D eigenvalue weighted by Gasteiger charge is 2.29. The van der Waals surface area contributed by atoms with Gasteiger partial charge in [0.1, 0.15) is 6.54 Å². The van der Waals surface area contributed by atoms with Crippen LogP contribution in [-0.4, -0.2) is 46.9 Å². The number of benzene rings is 1. The molecule has 0 atom stereocenters. The summed E-state index contributed by atoms with van der Waals surface area (Å²) in [6.07, 6.45) is 9.31. The van der Waals surface area contributed by atoms with Crippen LogP contribution in [0.25, 0.3) is 22.2 Å². The lowest BCUT2D eigenvalue weighted by Crippen LogP contribution is -2.42. The number of hydrogen-bond donors (Lipinski definition) is 0. The van der Waals surface area contributed by atoms with Crippen molar-refractivity contribution in [1.29, 1.82) is 0 Å². The third kappa shape index (κ3) is 3.97. The monoisotopic (exact) mass is 454 g/mol. The number of morpholine rings is 1. The molecule has 0 unspecified atom stereocenters. The summed E-state index contributed by atoms with van der Waals surface area (Å²) in [4.78, 5) is 27.1. The highest BCUT2D eigenvalue weighted by molar-refractivity contribution is 6.67. The molecule has 3 aromatic rings. The number of ether oxygens (including phenoxy) is 1. The van der Waals surface area contributed by atoms with Crippen molar-refractivity contribution in [2.75, 3.05) is 26.3 Å². The Kier molecular flexibility index (Phi) is 6.07. The van der Waals surface area contributed by atoms with Gasteiger partial charge in [-0.15, -0.1) is 0 Å². The summed E-state index contributed by atoms with van der Waals surface area (Å²) in [5.74, 6) is 0.459. The van der Waals surface area contributed by atoms with Gasteiger partial charge in [0, 0.05) is 29.6 Å². The zero-order valence-corrected chi connectivity index (χ0v) is 18.8. The SMILES string of the molecule is O=C(Cl)c1ccc2c(C3CCCCC3)c(-c3ccoc3)n(CC(=O)N3CCOCC3)c2c1. The molecule has 0 radical (unpaired) electrons. The molecule has 1 aromatic carbocycles. The molecule has 5 rings (SSSR count). The Hall–Kier alpha value is -2.57. The number of furan rings is 1. The topological polar surface area (TPSA) is 64.7 Å². The third-order valence-electron chi connectivity index (χ3n) is 6.80. The van der Waals surface area contributed by atoms with Crippen LogP contribution in [0.5, 0.6) is 0 Å². The van der Waals surface area contributed by atoms with E-state index in [9.17, 15) is 9.59 Å². The lowest BCUT2D eigenvalue weighted by molar-refractivity contribution is -0.135. The zero-order valence-electron chi connectivity index (χ0n) is 18.0. The maximum absolute atomic E-state index is 13.3. The fraction of sp³-hybridized carbons (Fsp3) is 0.440. The van der Waals surface area contributed by atoms with E-state index in [1.807, 2.05) is 23.1 Å². The van der Waals surface area contributed by atoms with E-state index in [-0.39, 0.29) is 12.5 Å². The van der Waals surface area contributed by atoms with Crippen LogP contribution in [0.3, 0.4) is 0 Å². The van der Waals surface area contributed by atoms with E-state index in [0.29, 0.717) is 37.8 Å². The molecule has 2 aliphatic rings. The van der Waals surface area contributed by atoms with E-state index in [1.54, 1.807) is 18.6 Å². The fourth-order valence-electron chi connectivity index (χ4n) is 5.23. The molecule has 7 heteroatoms. The first kappa shape index (κ1) is 21.3. The van der Waals surface area contributed by atoms with Crippen molar-refractivity contribution in [3.8, 4) is 11.3 Å². The fourth-order valence-corrected chi connectivity index (χ4v) is 5.34. The maximum Gasteiger partial charge on any atom is 0.252 e. The summed E-state index contributed by atoms with van der Waals surface area (Å²) < 4.78 is 12.9. The van der Waals surface area contributed by atoms with Gasteiger partial charge in [0.15, 0.2) is 0 Å². The summed E-state index contributed by atoms with van der Waals surface area (Å²) >= 11 is 5.83. The van der Waals surface area contributed by atoms with Gasteiger partial charge < -0.3 is 18.6 Å². The largest absolute Gasteiger partial charge is 0.472 e. The Labute approximate surface area is 192 Å². The minimum absolute atomic E-state index is 0.0488. The van der Waals surface area contributed by atoms with Crippen molar-refractivity contribution in [2.24, 2.45) is 0 Å². The van der Waals surface area contributed by atoms with Crippen molar-refractivity contribution in [1.82, 2.24) is 9.47 Å². The zero-order chi connectivity index (χ0) is 22.1. The Balaban J connectivity index is 1.69. The number of carbonyl (C=O) groups excluding carboxylic acids is 2. The number of aromatic nitrogens is 1. The molecule has 1 saturated carbocycles. The van der Waals surface area contributed by atoms with E-state index in [4.69, 9.17) is 20.8 Å². The Morgan fingerprint density at radius 3 is 2.53 bits per heavy atom. The van der Waals surface area contributed by atoms with Crippen LogP contribution in [0, 0.1) is 0 Å². The minimum Gasteiger partial charge on any atom is -0.472 e. The summed E-state index contributed by atoms with van der Waals surface area (Å²) in [5, 5.41) is 0.591. The van der Waals surface area contributed by atoms with Gasteiger partial charge in [0.25, 0.3) is 5.24 Å². The number of hydrogen-bond acceptors (Lipinski definition) is 4. The molecular weight excluding hydrogens is 428 g/mol. The van der Waals surface area contributed by atoms with Crippen molar-refractivity contribution < 1.29 is 18.7 Å². The molecular formula is C25H27ClN2O4. The average molecular weight is 455 g/mol. The van der Waals surface area contributed by atoms with Gasteiger partial charge in [-0.3, -0.25) is 9.59 Å². The third-order valence-corrected chi connectivity index (χ3v) is 7.01. The summed E-state index contributed by atoms with van der Waals surface area (Å²) in [5.41, 5.74) is 4.53. The Morgan fingerprint density at radius 2 is 1.84 bits per heavy atom. The lowest BCUT2D eigenvalue weighted by Gasteiger charge is -2.27. The lowest BCUT2D eigenvalue weighted by atomic mass is 9.82. The number of amides is 1.